The summed E-state index contributed by atoms with van der Waals surface area (Å²) in [5, 5.41) is 12.6. The number of alkyl halides is 3. The van der Waals surface area contributed by atoms with Crippen molar-refractivity contribution in [1.82, 2.24) is 19.9 Å². The number of aromatic nitrogens is 4. The molecular formula is C20H17F3N8O. The molecule has 3 heterocycles. The Labute approximate surface area is 180 Å². The highest BCUT2D eigenvalue weighted by atomic mass is 19.4. The van der Waals surface area contributed by atoms with Crippen LogP contribution in [-0.2, 0) is 6.18 Å². The van der Waals surface area contributed by atoms with Crippen molar-refractivity contribution in [2.45, 2.75) is 20.0 Å². The first-order chi connectivity index (χ1) is 15.2. The van der Waals surface area contributed by atoms with Crippen LogP contribution in [0.1, 0.15) is 27.2 Å². The van der Waals surface area contributed by atoms with Gasteiger partial charge >= 0.3 is 6.18 Å². The van der Waals surface area contributed by atoms with E-state index in [0.29, 0.717) is 17.1 Å². The number of pyridine rings is 2. The Bertz CT molecular complexity index is 1190. The lowest BCUT2D eigenvalue weighted by Crippen LogP contribution is -2.17. The van der Waals surface area contributed by atoms with Crippen molar-refractivity contribution in [1.29, 1.82) is 5.41 Å². The highest BCUT2D eigenvalue weighted by Gasteiger charge is 2.35. The summed E-state index contributed by atoms with van der Waals surface area (Å²) in [7, 11) is 0. The quantitative estimate of drug-likeness (QED) is 0.393. The van der Waals surface area contributed by atoms with E-state index in [1.807, 2.05) is 6.92 Å². The van der Waals surface area contributed by atoms with E-state index in [1.54, 1.807) is 25.4 Å². The monoisotopic (exact) mass is 442 g/mol. The zero-order valence-corrected chi connectivity index (χ0v) is 16.9. The van der Waals surface area contributed by atoms with Crippen LogP contribution in [0.5, 0.6) is 0 Å². The van der Waals surface area contributed by atoms with Gasteiger partial charge in [-0.3, -0.25) is 15.2 Å². The van der Waals surface area contributed by atoms with Crippen LogP contribution in [0.2, 0.25) is 0 Å². The third-order valence-electron chi connectivity index (χ3n) is 4.27. The van der Waals surface area contributed by atoms with Crippen LogP contribution in [0.4, 0.5) is 24.7 Å². The van der Waals surface area contributed by atoms with Crippen LogP contribution in [0, 0.1) is 19.3 Å². The average Bonchev–Trinajstić information content (AvgIpc) is 2.74. The fraction of sp³-hybridized carbons (Fsp3) is 0.150. The molecule has 0 unspecified atom stereocenters. The molecule has 3 rings (SSSR count). The molecule has 0 aliphatic heterocycles. The Morgan fingerprint density at radius 3 is 2.62 bits per heavy atom. The van der Waals surface area contributed by atoms with Gasteiger partial charge in [0.25, 0.3) is 5.91 Å². The second-order valence-corrected chi connectivity index (χ2v) is 6.51. The first-order valence-electron chi connectivity index (χ1n) is 9.12. The van der Waals surface area contributed by atoms with E-state index >= 15 is 0 Å². The summed E-state index contributed by atoms with van der Waals surface area (Å²) in [5.41, 5.74) is 2.87. The van der Waals surface area contributed by atoms with Gasteiger partial charge in [-0.25, -0.2) is 15.0 Å². The minimum Gasteiger partial charge on any atom is -0.320 e. The second kappa shape index (κ2) is 9.29. The molecule has 0 saturated heterocycles. The van der Waals surface area contributed by atoms with Gasteiger partial charge in [-0.05, 0) is 31.5 Å². The number of hydrogen-bond donors (Lipinski definition) is 3. The number of amides is 1. The molecule has 32 heavy (non-hydrogen) atoms. The average molecular weight is 442 g/mol. The molecular weight excluding hydrogens is 425 g/mol. The molecule has 9 nitrogen and oxygen atoms in total. The molecule has 0 atom stereocenters. The smallest absolute Gasteiger partial charge is 0.320 e. The molecule has 1 amide bonds. The van der Waals surface area contributed by atoms with Crippen molar-refractivity contribution in [2.75, 3.05) is 10.7 Å². The van der Waals surface area contributed by atoms with Gasteiger partial charge in [0.05, 0.1) is 29.4 Å². The normalized spacial score (nSPS) is 11.4. The number of hydrogen-bond acceptors (Lipinski definition) is 8. The van der Waals surface area contributed by atoms with Crippen LogP contribution >= 0.6 is 0 Å². The minimum atomic E-state index is -4.75. The molecule has 164 valence electrons. The molecule has 12 heteroatoms. The number of carbonyl (C=O) groups is 1. The van der Waals surface area contributed by atoms with E-state index < -0.39 is 23.5 Å². The molecule has 0 aromatic carbocycles. The molecule has 3 aromatic rings. The van der Waals surface area contributed by atoms with Gasteiger partial charge in [0.2, 0.25) is 0 Å². The SMILES string of the molecule is Cc1ccncc1-c1ncc(C(=O)Nc2cnc(N/N=C\C=N)c(C(F)(F)F)c2)c(C)n1. The summed E-state index contributed by atoms with van der Waals surface area (Å²) in [6.45, 7) is 3.47. The van der Waals surface area contributed by atoms with Gasteiger partial charge in [0.15, 0.2) is 11.6 Å². The van der Waals surface area contributed by atoms with Crippen LogP contribution < -0.4 is 10.7 Å². The molecule has 0 saturated carbocycles. The maximum atomic E-state index is 13.4. The number of aryl methyl sites for hydroxylation is 2. The van der Waals surface area contributed by atoms with E-state index in [9.17, 15) is 18.0 Å². The van der Waals surface area contributed by atoms with Crippen molar-refractivity contribution in [3.05, 3.63) is 59.3 Å². The highest BCUT2D eigenvalue weighted by molar-refractivity contribution is 6.14. The van der Waals surface area contributed by atoms with Gasteiger partial charge < -0.3 is 10.7 Å². The largest absolute Gasteiger partial charge is 0.420 e. The zero-order valence-electron chi connectivity index (χ0n) is 16.9. The maximum absolute atomic E-state index is 13.4. The molecule has 0 aliphatic carbocycles. The van der Waals surface area contributed by atoms with E-state index in [1.165, 1.54) is 6.20 Å². The number of nitrogens with zero attached hydrogens (tertiary/aromatic N) is 5. The van der Waals surface area contributed by atoms with Crippen LogP contribution in [0.25, 0.3) is 11.4 Å². The predicted octanol–water partition coefficient (Wildman–Crippen LogP) is 3.87. The number of halogens is 3. The second-order valence-electron chi connectivity index (χ2n) is 6.51. The van der Waals surface area contributed by atoms with Gasteiger partial charge in [-0.15, -0.1) is 0 Å². The molecule has 0 aliphatic rings. The first-order valence-corrected chi connectivity index (χ1v) is 9.12. The van der Waals surface area contributed by atoms with E-state index in [2.05, 4.69) is 35.8 Å². The van der Waals surface area contributed by atoms with Crippen LogP contribution in [0.3, 0.4) is 0 Å². The topological polar surface area (TPSA) is 129 Å². The summed E-state index contributed by atoms with van der Waals surface area (Å²) in [6, 6.07) is 2.53. The van der Waals surface area contributed by atoms with Crippen LogP contribution in [-0.4, -0.2) is 38.3 Å². The summed E-state index contributed by atoms with van der Waals surface area (Å²) < 4.78 is 40.2. The molecule has 0 fully saturated rings. The van der Waals surface area contributed by atoms with Crippen molar-refractivity contribution in [3.63, 3.8) is 0 Å². The lowest BCUT2D eigenvalue weighted by molar-refractivity contribution is -0.137. The number of anilines is 2. The van der Waals surface area contributed by atoms with Crippen LogP contribution in [0.15, 0.2) is 42.0 Å². The van der Waals surface area contributed by atoms with Crippen molar-refractivity contribution in [2.24, 2.45) is 5.10 Å². The van der Waals surface area contributed by atoms with E-state index in [-0.39, 0.29) is 11.3 Å². The maximum Gasteiger partial charge on any atom is 0.420 e. The van der Waals surface area contributed by atoms with Crippen molar-refractivity contribution < 1.29 is 18.0 Å². The van der Waals surface area contributed by atoms with E-state index in [4.69, 9.17) is 5.41 Å². The van der Waals surface area contributed by atoms with Crippen molar-refractivity contribution in [3.8, 4) is 11.4 Å². The first kappa shape index (κ1) is 22.5. The molecule has 0 bridgehead atoms. The molecule has 3 N–H and O–H groups in total. The molecule has 3 aromatic heterocycles. The van der Waals surface area contributed by atoms with Gasteiger partial charge in [-0.2, -0.15) is 18.3 Å². The number of carbonyl (C=O) groups excluding carboxylic acids is 1. The summed E-state index contributed by atoms with van der Waals surface area (Å²) in [5.74, 6) is -0.870. The van der Waals surface area contributed by atoms with Gasteiger partial charge in [0, 0.05) is 30.4 Å². The third kappa shape index (κ3) is 5.09. The Morgan fingerprint density at radius 2 is 1.97 bits per heavy atom. The summed E-state index contributed by atoms with van der Waals surface area (Å²) in [4.78, 5) is 28.9. The summed E-state index contributed by atoms with van der Waals surface area (Å²) >= 11 is 0. The Morgan fingerprint density at radius 1 is 1.19 bits per heavy atom. The van der Waals surface area contributed by atoms with Crippen molar-refractivity contribution >= 4 is 29.8 Å². The van der Waals surface area contributed by atoms with E-state index in [0.717, 1.165) is 30.3 Å². The molecule has 0 spiro atoms. The Kier molecular flexibility index (Phi) is 6.52. The number of rotatable bonds is 6. The predicted molar refractivity (Wildman–Crippen MR) is 113 cm³/mol. The lowest BCUT2D eigenvalue weighted by atomic mass is 10.1. The Hall–Kier alpha value is -4.22. The fourth-order valence-corrected chi connectivity index (χ4v) is 2.69. The van der Waals surface area contributed by atoms with Gasteiger partial charge in [-0.1, -0.05) is 0 Å². The minimum absolute atomic E-state index is 0.0987. The summed E-state index contributed by atoms with van der Waals surface area (Å²) in [6.07, 6.45) is 2.60. The fourth-order valence-electron chi connectivity index (χ4n) is 2.69. The number of hydrazone groups is 1. The third-order valence-corrected chi connectivity index (χ3v) is 4.27. The number of nitrogens with one attached hydrogen (secondary N) is 3. The Balaban J connectivity index is 1.86. The standard InChI is InChI=1S/C20H17F3N8O/c1-11-3-5-25-9-14(11)17-27-10-15(12(2)29-17)19(32)30-13-7-16(20(21,22)23)18(26-8-13)31-28-6-4-24/h3-10,24H,1-2H3,(H,26,31)(H,30,32)/b24-4?,28-6-. The van der Waals surface area contributed by atoms with Gasteiger partial charge in [0.1, 0.15) is 5.56 Å². The highest BCUT2D eigenvalue weighted by Crippen LogP contribution is 2.35. The molecule has 0 radical (unpaired) electrons. The zero-order chi connectivity index (χ0) is 23.3. The lowest BCUT2D eigenvalue weighted by Gasteiger charge is -2.14.